The third-order valence-corrected chi connectivity index (χ3v) is 6.03. The number of aliphatic carboxylic acids is 1. The molecule has 1 unspecified atom stereocenters. The maximum Gasteiger partial charge on any atom is 0.326 e. The summed E-state index contributed by atoms with van der Waals surface area (Å²) in [6, 6.07) is 6.21. The van der Waals surface area contributed by atoms with Crippen LogP contribution in [0, 0.1) is 0 Å². The van der Waals surface area contributed by atoms with E-state index >= 15 is 0 Å². The minimum absolute atomic E-state index is 0.249. The molecule has 27 heavy (non-hydrogen) atoms. The van der Waals surface area contributed by atoms with Gasteiger partial charge in [0.05, 0.1) is 4.91 Å². The van der Waals surface area contributed by atoms with Crippen molar-refractivity contribution in [3.8, 4) is 0 Å². The van der Waals surface area contributed by atoms with Gasteiger partial charge < -0.3 is 10.0 Å². The number of piperidine rings is 1. The minimum atomic E-state index is -1.02. The molecule has 0 radical (unpaired) electrons. The SMILES string of the molecule is O=C(O)C1CCCCN1C(=O)CN1C(=O)C(=Cc2cccc(Cl)c2)SC1=S. The van der Waals surface area contributed by atoms with E-state index in [2.05, 4.69) is 0 Å². The van der Waals surface area contributed by atoms with Crippen molar-refractivity contribution in [1.29, 1.82) is 0 Å². The van der Waals surface area contributed by atoms with Crippen molar-refractivity contribution in [2.45, 2.75) is 25.3 Å². The largest absolute Gasteiger partial charge is 0.480 e. The highest BCUT2D eigenvalue weighted by Gasteiger charge is 2.37. The van der Waals surface area contributed by atoms with Crippen LogP contribution in [0.1, 0.15) is 24.8 Å². The van der Waals surface area contributed by atoms with Gasteiger partial charge in [-0.05, 0) is 43.0 Å². The number of carboxylic acid groups (broad SMARTS) is 1. The molecule has 2 fully saturated rings. The molecule has 142 valence electrons. The molecule has 0 saturated carbocycles. The zero-order valence-corrected chi connectivity index (χ0v) is 16.6. The van der Waals surface area contributed by atoms with Crippen molar-refractivity contribution in [3.63, 3.8) is 0 Å². The second-order valence-corrected chi connectivity index (χ2v) is 8.37. The molecule has 6 nitrogen and oxygen atoms in total. The molecule has 0 aromatic heterocycles. The van der Waals surface area contributed by atoms with Gasteiger partial charge in [-0.2, -0.15) is 0 Å². The number of hydrogen-bond donors (Lipinski definition) is 1. The number of amides is 2. The maximum absolute atomic E-state index is 12.7. The highest BCUT2D eigenvalue weighted by Crippen LogP contribution is 2.33. The predicted octanol–water partition coefficient (Wildman–Crippen LogP) is 3.01. The smallest absolute Gasteiger partial charge is 0.326 e. The highest BCUT2D eigenvalue weighted by molar-refractivity contribution is 8.26. The zero-order chi connectivity index (χ0) is 19.6. The summed E-state index contributed by atoms with van der Waals surface area (Å²) in [7, 11) is 0. The lowest BCUT2D eigenvalue weighted by Crippen LogP contribution is -2.51. The molecule has 1 N–H and O–H groups in total. The molecule has 2 amide bonds. The molecule has 1 aromatic carbocycles. The van der Waals surface area contributed by atoms with E-state index in [1.54, 1.807) is 24.3 Å². The van der Waals surface area contributed by atoms with E-state index in [1.165, 1.54) is 9.80 Å². The monoisotopic (exact) mass is 424 g/mol. The van der Waals surface area contributed by atoms with Gasteiger partial charge in [0.15, 0.2) is 0 Å². The van der Waals surface area contributed by atoms with Gasteiger partial charge in [0.1, 0.15) is 16.9 Å². The Hall–Kier alpha value is -1.90. The molecule has 0 bridgehead atoms. The Morgan fingerprint density at radius 1 is 1.37 bits per heavy atom. The topological polar surface area (TPSA) is 77.9 Å². The molecule has 0 spiro atoms. The normalized spacial score (nSPS) is 21.8. The van der Waals surface area contributed by atoms with Gasteiger partial charge in [0.25, 0.3) is 5.91 Å². The first-order chi connectivity index (χ1) is 12.9. The number of hydrogen-bond acceptors (Lipinski definition) is 5. The maximum atomic E-state index is 12.7. The van der Waals surface area contributed by atoms with Crippen molar-refractivity contribution in [3.05, 3.63) is 39.8 Å². The quantitative estimate of drug-likeness (QED) is 0.591. The first-order valence-corrected chi connectivity index (χ1v) is 10.0. The Labute approximate surface area is 171 Å². The summed E-state index contributed by atoms with van der Waals surface area (Å²) in [5, 5.41) is 9.88. The van der Waals surface area contributed by atoms with Crippen LogP contribution < -0.4 is 0 Å². The van der Waals surface area contributed by atoms with Gasteiger partial charge in [-0.1, -0.05) is 47.7 Å². The van der Waals surface area contributed by atoms with Crippen LogP contribution in [0.15, 0.2) is 29.2 Å². The van der Waals surface area contributed by atoms with Gasteiger partial charge in [0.2, 0.25) is 5.91 Å². The number of benzene rings is 1. The van der Waals surface area contributed by atoms with Gasteiger partial charge in [-0.25, -0.2) is 4.79 Å². The zero-order valence-electron chi connectivity index (χ0n) is 14.3. The van der Waals surface area contributed by atoms with E-state index in [1.807, 2.05) is 6.07 Å². The van der Waals surface area contributed by atoms with E-state index in [9.17, 15) is 19.5 Å². The lowest BCUT2D eigenvalue weighted by Gasteiger charge is -2.33. The molecule has 0 aliphatic carbocycles. The first-order valence-electron chi connectivity index (χ1n) is 8.40. The second kappa shape index (κ2) is 8.41. The van der Waals surface area contributed by atoms with Gasteiger partial charge in [0, 0.05) is 11.6 Å². The molecular weight excluding hydrogens is 408 g/mol. The fourth-order valence-electron chi connectivity index (χ4n) is 3.10. The molecule has 3 rings (SSSR count). The Morgan fingerprint density at radius 2 is 2.15 bits per heavy atom. The number of carbonyl (C=O) groups is 3. The summed E-state index contributed by atoms with van der Waals surface area (Å²) in [5.41, 5.74) is 0.760. The average Bonchev–Trinajstić information content (AvgIpc) is 2.89. The summed E-state index contributed by atoms with van der Waals surface area (Å²) in [5.74, 6) is -1.78. The number of carbonyl (C=O) groups excluding carboxylic acids is 2. The average molecular weight is 425 g/mol. The number of thiocarbonyl (C=S) groups is 1. The molecule has 1 atom stereocenters. The molecular formula is C18H17ClN2O4S2. The molecule has 2 saturated heterocycles. The van der Waals surface area contributed by atoms with E-state index < -0.39 is 17.9 Å². The summed E-state index contributed by atoms with van der Waals surface area (Å²) in [6.45, 7) is 0.129. The van der Waals surface area contributed by atoms with Crippen molar-refractivity contribution in [1.82, 2.24) is 9.80 Å². The highest BCUT2D eigenvalue weighted by atomic mass is 35.5. The van der Waals surface area contributed by atoms with E-state index in [4.69, 9.17) is 23.8 Å². The van der Waals surface area contributed by atoms with Crippen LogP contribution in [-0.4, -0.2) is 56.1 Å². The molecule has 2 aliphatic rings. The minimum Gasteiger partial charge on any atom is -0.480 e. The van der Waals surface area contributed by atoms with Crippen LogP contribution in [0.2, 0.25) is 5.02 Å². The van der Waals surface area contributed by atoms with Crippen molar-refractivity contribution in [2.75, 3.05) is 13.1 Å². The Balaban J connectivity index is 1.73. The summed E-state index contributed by atoms with van der Waals surface area (Å²) in [6.07, 6.45) is 3.62. The summed E-state index contributed by atoms with van der Waals surface area (Å²) in [4.78, 5) is 39.7. The first kappa shape index (κ1) is 19.9. The standard InChI is InChI=1S/C18H17ClN2O4S2/c19-12-5-3-4-11(8-12)9-14-16(23)21(18(26)27-14)10-15(22)20-7-2-1-6-13(20)17(24)25/h3-5,8-9,13H,1-2,6-7,10H2,(H,24,25). The van der Waals surface area contributed by atoms with Crippen LogP contribution in [0.4, 0.5) is 0 Å². The Kier molecular flexibility index (Phi) is 6.18. The second-order valence-electron chi connectivity index (χ2n) is 6.26. The summed E-state index contributed by atoms with van der Waals surface area (Å²) < 4.78 is 0.283. The van der Waals surface area contributed by atoms with E-state index in [0.717, 1.165) is 30.2 Å². The number of nitrogens with zero attached hydrogens (tertiary/aromatic N) is 2. The van der Waals surface area contributed by atoms with Crippen LogP contribution in [0.25, 0.3) is 6.08 Å². The number of thioether (sulfide) groups is 1. The fourth-order valence-corrected chi connectivity index (χ4v) is 4.55. The third kappa shape index (κ3) is 4.51. The lowest BCUT2D eigenvalue weighted by atomic mass is 10.0. The van der Waals surface area contributed by atoms with Crippen molar-refractivity contribution in [2.24, 2.45) is 0 Å². The van der Waals surface area contributed by atoms with Crippen LogP contribution in [0.3, 0.4) is 0 Å². The molecule has 2 aliphatic heterocycles. The van der Waals surface area contributed by atoms with Gasteiger partial charge in [-0.15, -0.1) is 0 Å². The lowest BCUT2D eigenvalue weighted by molar-refractivity contribution is -0.152. The Bertz CT molecular complexity index is 842. The van der Waals surface area contributed by atoms with Crippen molar-refractivity contribution < 1.29 is 19.5 Å². The number of rotatable bonds is 4. The predicted molar refractivity (Wildman–Crippen MR) is 108 cm³/mol. The van der Waals surface area contributed by atoms with Crippen molar-refractivity contribution >= 4 is 63.8 Å². The molecule has 9 heteroatoms. The molecule has 2 heterocycles. The van der Waals surface area contributed by atoms with Crippen LogP contribution in [0.5, 0.6) is 0 Å². The van der Waals surface area contributed by atoms with Gasteiger partial charge in [-0.3, -0.25) is 14.5 Å². The Morgan fingerprint density at radius 3 is 2.85 bits per heavy atom. The number of carboxylic acids is 1. The van der Waals surface area contributed by atoms with Crippen LogP contribution >= 0.6 is 35.6 Å². The fraction of sp³-hybridized carbons (Fsp3) is 0.333. The van der Waals surface area contributed by atoms with Crippen LogP contribution in [-0.2, 0) is 14.4 Å². The van der Waals surface area contributed by atoms with Gasteiger partial charge >= 0.3 is 5.97 Å². The summed E-state index contributed by atoms with van der Waals surface area (Å²) >= 11 is 12.3. The number of likely N-dealkylation sites (tertiary alicyclic amines) is 1. The van der Waals surface area contributed by atoms with E-state index in [0.29, 0.717) is 22.9 Å². The molecule has 1 aromatic rings. The van der Waals surface area contributed by atoms with E-state index in [-0.39, 0.29) is 16.8 Å². The third-order valence-electron chi connectivity index (χ3n) is 4.42. The number of halogens is 1.